The fraction of sp³-hybridized carbons (Fsp3) is 0.750. The van der Waals surface area contributed by atoms with Crippen LogP contribution in [-0.2, 0) is 4.79 Å². The molecule has 120 valence electrons. The predicted molar refractivity (Wildman–Crippen MR) is 87.2 cm³/mol. The average molecular weight is 300 g/mol. The fourth-order valence-electron chi connectivity index (χ4n) is 6.22. The van der Waals surface area contributed by atoms with E-state index in [0.717, 1.165) is 25.7 Å². The van der Waals surface area contributed by atoms with Gasteiger partial charge in [-0.15, -0.1) is 0 Å². The van der Waals surface area contributed by atoms with Gasteiger partial charge < -0.3 is 5.11 Å². The van der Waals surface area contributed by atoms with Gasteiger partial charge in [0.15, 0.2) is 5.78 Å². The van der Waals surface area contributed by atoms with Crippen molar-refractivity contribution in [1.29, 1.82) is 0 Å². The van der Waals surface area contributed by atoms with E-state index in [1.807, 2.05) is 6.08 Å². The number of aliphatic hydroxyl groups is 1. The zero-order chi connectivity index (χ0) is 15.6. The molecule has 0 aliphatic heterocycles. The number of carbonyl (C=O) groups excluding carboxylic acids is 1. The predicted octanol–water partition coefficient (Wildman–Crippen LogP) is 3.90. The molecule has 4 aliphatic carbocycles. The Labute approximate surface area is 133 Å². The normalized spacial score (nSPS) is 50.6. The average Bonchev–Trinajstić information content (AvgIpc) is 2.70. The van der Waals surface area contributed by atoms with Crippen LogP contribution in [0.1, 0.15) is 52.9 Å². The molecule has 0 aromatic heterocycles. The largest absolute Gasteiger partial charge is 0.392 e. The maximum Gasteiger partial charge on any atom is 0.155 e. The smallest absolute Gasteiger partial charge is 0.155 e. The molecule has 2 saturated carbocycles. The van der Waals surface area contributed by atoms with Crippen LogP contribution in [0.15, 0.2) is 23.3 Å². The zero-order valence-electron chi connectivity index (χ0n) is 14.0. The van der Waals surface area contributed by atoms with Crippen molar-refractivity contribution in [3.8, 4) is 0 Å². The van der Waals surface area contributed by atoms with Crippen molar-refractivity contribution in [2.75, 3.05) is 0 Å². The second kappa shape index (κ2) is 4.80. The summed E-state index contributed by atoms with van der Waals surface area (Å²) in [5, 5.41) is 10.7. The van der Waals surface area contributed by atoms with Crippen LogP contribution >= 0.6 is 0 Å². The number of hydrogen-bond acceptors (Lipinski definition) is 2. The van der Waals surface area contributed by atoms with Crippen molar-refractivity contribution in [1.82, 2.24) is 0 Å². The maximum atomic E-state index is 11.8. The molecule has 0 saturated heterocycles. The van der Waals surface area contributed by atoms with E-state index in [1.165, 1.54) is 12.0 Å². The van der Waals surface area contributed by atoms with Gasteiger partial charge in [0, 0.05) is 17.8 Å². The Morgan fingerprint density at radius 1 is 1.27 bits per heavy atom. The van der Waals surface area contributed by atoms with E-state index in [1.54, 1.807) is 5.57 Å². The van der Waals surface area contributed by atoms with E-state index in [0.29, 0.717) is 29.5 Å². The molecule has 2 fully saturated rings. The Hall–Kier alpha value is -0.890. The molecule has 4 rings (SSSR count). The van der Waals surface area contributed by atoms with Crippen molar-refractivity contribution < 1.29 is 9.90 Å². The van der Waals surface area contributed by atoms with Gasteiger partial charge in [0.05, 0.1) is 6.10 Å². The molecule has 0 radical (unpaired) electrons. The fourth-order valence-corrected chi connectivity index (χ4v) is 6.22. The number of hydrogen-bond donors (Lipinski definition) is 1. The number of carbonyl (C=O) groups is 1. The van der Waals surface area contributed by atoms with E-state index >= 15 is 0 Å². The highest BCUT2D eigenvalue weighted by atomic mass is 16.3. The second-order valence-corrected chi connectivity index (χ2v) is 8.58. The third-order valence-electron chi connectivity index (χ3n) is 7.28. The Bertz CT molecular complexity index is 572. The number of rotatable bonds is 0. The first-order valence-corrected chi connectivity index (χ1v) is 9.05. The van der Waals surface area contributed by atoms with Gasteiger partial charge in [-0.2, -0.15) is 0 Å². The van der Waals surface area contributed by atoms with Gasteiger partial charge >= 0.3 is 0 Å². The third-order valence-corrected chi connectivity index (χ3v) is 7.28. The molecule has 1 N–H and O–H groups in total. The summed E-state index contributed by atoms with van der Waals surface area (Å²) in [4.78, 5) is 11.8. The molecule has 0 heterocycles. The molecule has 22 heavy (non-hydrogen) atoms. The summed E-state index contributed by atoms with van der Waals surface area (Å²) in [5.74, 6) is 3.16. The molecule has 7 atom stereocenters. The Kier molecular flexibility index (Phi) is 3.21. The minimum absolute atomic E-state index is 0.000543. The van der Waals surface area contributed by atoms with Crippen LogP contribution in [0.2, 0.25) is 0 Å². The van der Waals surface area contributed by atoms with Crippen molar-refractivity contribution in [2.24, 2.45) is 35.0 Å². The molecule has 0 amide bonds. The van der Waals surface area contributed by atoms with E-state index < -0.39 is 0 Å². The maximum absolute atomic E-state index is 11.8. The van der Waals surface area contributed by atoms with Gasteiger partial charge in [-0.1, -0.05) is 38.0 Å². The molecule has 0 bridgehead atoms. The topological polar surface area (TPSA) is 37.3 Å². The van der Waals surface area contributed by atoms with Gasteiger partial charge in [0.25, 0.3) is 0 Å². The Balaban J connectivity index is 1.73. The van der Waals surface area contributed by atoms with Crippen molar-refractivity contribution in [3.63, 3.8) is 0 Å². The SMILES string of the molecule is C[C@@H]1CC2=CC(=O)CCC2C2CC[C@@]3(C)C(=C[C@@H](C)[C@@H]3O)C21. The standard InChI is InChI=1S/C20H28O2/c1-11-8-13-10-14(21)4-5-15(13)16-6-7-20(3)17(18(11)16)9-12(2)19(20)22/h9-12,15-16,18-19,22H,4-8H2,1-3H3/t11-,12-,15?,16?,18?,19+,20+/m1/s1. The lowest BCUT2D eigenvalue weighted by Gasteiger charge is -2.53. The first-order chi connectivity index (χ1) is 10.4. The number of aliphatic hydroxyl groups excluding tert-OH is 1. The summed E-state index contributed by atoms with van der Waals surface area (Å²) >= 11 is 0. The van der Waals surface area contributed by atoms with Gasteiger partial charge in [-0.3, -0.25) is 4.79 Å². The van der Waals surface area contributed by atoms with Gasteiger partial charge in [0.1, 0.15) is 0 Å². The quantitative estimate of drug-likeness (QED) is 0.689. The summed E-state index contributed by atoms with van der Waals surface area (Å²) in [6.07, 6.45) is 9.34. The van der Waals surface area contributed by atoms with Crippen LogP contribution in [0.25, 0.3) is 0 Å². The van der Waals surface area contributed by atoms with E-state index in [9.17, 15) is 9.90 Å². The molecule has 3 unspecified atom stereocenters. The Morgan fingerprint density at radius 3 is 2.82 bits per heavy atom. The molecule has 2 nitrogen and oxygen atoms in total. The van der Waals surface area contributed by atoms with Crippen LogP contribution in [0.4, 0.5) is 0 Å². The molecule has 2 heteroatoms. The van der Waals surface area contributed by atoms with Crippen LogP contribution in [0, 0.1) is 35.0 Å². The monoisotopic (exact) mass is 300 g/mol. The van der Waals surface area contributed by atoms with Gasteiger partial charge in [0.2, 0.25) is 0 Å². The van der Waals surface area contributed by atoms with E-state index in [2.05, 4.69) is 26.8 Å². The van der Waals surface area contributed by atoms with Crippen molar-refractivity contribution in [3.05, 3.63) is 23.3 Å². The van der Waals surface area contributed by atoms with E-state index in [4.69, 9.17) is 0 Å². The lowest BCUT2D eigenvalue weighted by Crippen LogP contribution is -2.47. The second-order valence-electron chi connectivity index (χ2n) is 8.58. The minimum Gasteiger partial charge on any atom is -0.392 e. The van der Waals surface area contributed by atoms with Gasteiger partial charge in [-0.05, 0) is 55.4 Å². The third kappa shape index (κ3) is 1.86. The highest BCUT2D eigenvalue weighted by Crippen LogP contribution is 2.61. The highest BCUT2D eigenvalue weighted by Gasteiger charge is 2.55. The summed E-state index contributed by atoms with van der Waals surface area (Å²) in [5.41, 5.74) is 2.98. The summed E-state index contributed by atoms with van der Waals surface area (Å²) in [7, 11) is 0. The molecule has 4 aliphatic rings. The van der Waals surface area contributed by atoms with Crippen LogP contribution < -0.4 is 0 Å². The summed E-state index contributed by atoms with van der Waals surface area (Å²) in [6.45, 7) is 6.80. The first-order valence-electron chi connectivity index (χ1n) is 9.05. The van der Waals surface area contributed by atoms with Gasteiger partial charge in [-0.25, -0.2) is 0 Å². The number of ketones is 1. The van der Waals surface area contributed by atoms with Crippen molar-refractivity contribution in [2.45, 2.75) is 59.0 Å². The molecule has 0 aromatic carbocycles. The number of allylic oxidation sites excluding steroid dienone is 2. The molecular weight excluding hydrogens is 272 g/mol. The minimum atomic E-state index is -0.208. The zero-order valence-corrected chi connectivity index (χ0v) is 14.0. The molecular formula is C20H28O2. The van der Waals surface area contributed by atoms with Crippen LogP contribution in [-0.4, -0.2) is 17.0 Å². The molecule has 0 spiro atoms. The lowest BCUT2D eigenvalue weighted by atomic mass is 9.51. The highest BCUT2D eigenvalue weighted by molar-refractivity contribution is 5.91. The van der Waals surface area contributed by atoms with Crippen molar-refractivity contribution >= 4 is 5.78 Å². The van der Waals surface area contributed by atoms with Crippen LogP contribution in [0.3, 0.4) is 0 Å². The molecule has 0 aromatic rings. The summed E-state index contributed by atoms with van der Waals surface area (Å²) < 4.78 is 0. The number of fused-ring (bicyclic) bond motifs is 5. The Morgan fingerprint density at radius 2 is 2.05 bits per heavy atom. The first kappa shape index (κ1) is 14.7. The lowest BCUT2D eigenvalue weighted by molar-refractivity contribution is -0.115. The van der Waals surface area contributed by atoms with Crippen LogP contribution in [0.5, 0.6) is 0 Å². The summed E-state index contributed by atoms with van der Waals surface area (Å²) in [6, 6.07) is 0. The van der Waals surface area contributed by atoms with E-state index in [-0.39, 0.29) is 17.4 Å².